The van der Waals surface area contributed by atoms with Crippen LogP contribution in [0.5, 0.6) is 5.75 Å². The number of methoxy groups -OCH3 is 1. The van der Waals surface area contributed by atoms with Gasteiger partial charge in [-0.05, 0) is 26.3 Å². The Morgan fingerprint density at radius 3 is 2.93 bits per heavy atom. The minimum absolute atomic E-state index is 0.286. The summed E-state index contributed by atoms with van der Waals surface area (Å²) in [7, 11) is 1.62. The normalized spacial score (nSPS) is 12.3. The van der Waals surface area contributed by atoms with Gasteiger partial charge in [-0.1, -0.05) is 0 Å². The minimum Gasteiger partial charge on any atom is -0.493 e. The highest BCUT2D eigenvalue weighted by molar-refractivity contribution is 5.55. The highest BCUT2D eigenvalue weighted by Crippen LogP contribution is 2.23. The number of aryl methyl sites for hydroxylation is 1. The van der Waals surface area contributed by atoms with Crippen LogP contribution in [0.3, 0.4) is 0 Å². The van der Waals surface area contributed by atoms with Crippen molar-refractivity contribution in [2.45, 2.75) is 26.4 Å². The van der Waals surface area contributed by atoms with E-state index in [1.54, 1.807) is 20.2 Å². The summed E-state index contributed by atoms with van der Waals surface area (Å²) in [5, 5.41) is 12.3. The van der Waals surface area contributed by atoms with Crippen LogP contribution in [-0.4, -0.2) is 29.8 Å². The molecule has 4 heteroatoms. The first-order chi connectivity index (χ1) is 7.13. The molecule has 1 atom stereocenters. The first kappa shape index (κ1) is 11.8. The van der Waals surface area contributed by atoms with Crippen molar-refractivity contribution < 1.29 is 9.84 Å². The molecular formula is C11H18N2O2. The van der Waals surface area contributed by atoms with Gasteiger partial charge in [-0.2, -0.15) is 0 Å². The lowest BCUT2D eigenvalue weighted by Gasteiger charge is -2.12. The van der Waals surface area contributed by atoms with E-state index in [0.717, 1.165) is 23.7 Å². The first-order valence-corrected chi connectivity index (χ1v) is 5.06. The number of nitrogens with zero attached hydrogens (tertiary/aromatic N) is 1. The monoisotopic (exact) mass is 210 g/mol. The summed E-state index contributed by atoms with van der Waals surface area (Å²) >= 11 is 0. The fourth-order valence-corrected chi connectivity index (χ4v) is 1.26. The van der Waals surface area contributed by atoms with Gasteiger partial charge < -0.3 is 15.2 Å². The third kappa shape index (κ3) is 3.75. The van der Waals surface area contributed by atoms with Crippen molar-refractivity contribution in [3.05, 3.63) is 18.0 Å². The van der Waals surface area contributed by atoms with Gasteiger partial charge in [-0.15, -0.1) is 0 Å². The van der Waals surface area contributed by atoms with Gasteiger partial charge in [-0.3, -0.25) is 4.98 Å². The second kappa shape index (κ2) is 5.56. The van der Waals surface area contributed by atoms with Gasteiger partial charge >= 0.3 is 0 Å². The third-order valence-electron chi connectivity index (χ3n) is 2.10. The Hall–Kier alpha value is -1.29. The number of nitrogens with one attached hydrogen (secondary N) is 1. The molecule has 1 rings (SSSR count). The molecule has 1 aromatic heterocycles. The molecule has 2 N–H and O–H groups in total. The highest BCUT2D eigenvalue weighted by Gasteiger charge is 2.03. The van der Waals surface area contributed by atoms with Crippen LogP contribution >= 0.6 is 0 Å². The molecule has 1 heterocycles. The Labute approximate surface area is 90.3 Å². The van der Waals surface area contributed by atoms with Crippen LogP contribution in [0.1, 0.15) is 19.0 Å². The van der Waals surface area contributed by atoms with Crippen molar-refractivity contribution in [1.29, 1.82) is 0 Å². The molecule has 84 valence electrons. The summed E-state index contributed by atoms with van der Waals surface area (Å²) < 4.78 is 5.17. The second-order valence-corrected chi connectivity index (χ2v) is 3.59. The number of ether oxygens (including phenoxy) is 1. The molecule has 0 aliphatic rings. The molecule has 1 unspecified atom stereocenters. The third-order valence-corrected chi connectivity index (χ3v) is 2.10. The Balaban J connectivity index is 2.62. The molecule has 0 aromatic carbocycles. The fourth-order valence-electron chi connectivity index (χ4n) is 1.26. The summed E-state index contributed by atoms with van der Waals surface area (Å²) in [5.74, 6) is 0.728. The Morgan fingerprint density at radius 1 is 1.60 bits per heavy atom. The molecule has 0 saturated carbocycles. The second-order valence-electron chi connectivity index (χ2n) is 3.59. The van der Waals surface area contributed by atoms with Crippen LogP contribution in [0.15, 0.2) is 12.3 Å². The van der Waals surface area contributed by atoms with E-state index in [4.69, 9.17) is 9.84 Å². The van der Waals surface area contributed by atoms with Crippen LogP contribution in [-0.2, 0) is 0 Å². The van der Waals surface area contributed by atoms with Crippen molar-refractivity contribution in [3.8, 4) is 5.75 Å². The van der Waals surface area contributed by atoms with Crippen molar-refractivity contribution in [1.82, 2.24) is 4.98 Å². The van der Waals surface area contributed by atoms with E-state index in [1.165, 1.54) is 0 Å². The van der Waals surface area contributed by atoms with Gasteiger partial charge in [0.05, 0.1) is 25.1 Å². The van der Waals surface area contributed by atoms with Gasteiger partial charge in [0.2, 0.25) is 0 Å². The minimum atomic E-state index is -0.286. The van der Waals surface area contributed by atoms with Crippen LogP contribution in [0.2, 0.25) is 0 Å². The van der Waals surface area contributed by atoms with E-state index in [1.807, 2.05) is 13.0 Å². The predicted molar refractivity (Wildman–Crippen MR) is 60.3 cm³/mol. The van der Waals surface area contributed by atoms with Crippen molar-refractivity contribution >= 4 is 5.69 Å². The standard InChI is InChI=1S/C11H18N2O2/c1-8-6-10(11(15-3)7-13-8)12-5-4-9(2)14/h6-7,9,14H,4-5H2,1-3H3,(H,12,13). The van der Waals surface area contributed by atoms with Gasteiger partial charge in [-0.25, -0.2) is 0 Å². The van der Waals surface area contributed by atoms with Crippen LogP contribution in [0, 0.1) is 6.92 Å². The molecular weight excluding hydrogens is 192 g/mol. The molecule has 0 amide bonds. The average molecular weight is 210 g/mol. The van der Waals surface area contributed by atoms with Crippen LogP contribution < -0.4 is 10.1 Å². The Kier molecular flexibility index (Phi) is 4.37. The largest absolute Gasteiger partial charge is 0.493 e. The zero-order chi connectivity index (χ0) is 11.3. The number of hydrogen-bond acceptors (Lipinski definition) is 4. The van der Waals surface area contributed by atoms with Gasteiger partial charge in [0.1, 0.15) is 0 Å². The number of hydrogen-bond donors (Lipinski definition) is 2. The molecule has 15 heavy (non-hydrogen) atoms. The highest BCUT2D eigenvalue weighted by atomic mass is 16.5. The molecule has 0 aliphatic heterocycles. The Morgan fingerprint density at radius 2 is 2.33 bits per heavy atom. The molecule has 0 radical (unpaired) electrons. The first-order valence-electron chi connectivity index (χ1n) is 5.06. The van der Waals surface area contributed by atoms with Crippen LogP contribution in [0.4, 0.5) is 5.69 Å². The van der Waals surface area contributed by atoms with Crippen molar-refractivity contribution in [2.75, 3.05) is 19.0 Å². The zero-order valence-electron chi connectivity index (χ0n) is 9.45. The zero-order valence-corrected chi connectivity index (χ0v) is 9.45. The van der Waals surface area contributed by atoms with E-state index >= 15 is 0 Å². The van der Waals surface area contributed by atoms with E-state index in [-0.39, 0.29) is 6.10 Å². The molecule has 1 aromatic rings. The summed E-state index contributed by atoms with van der Waals surface area (Å²) in [4.78, 5) is 4.14. The summed E-state index contributed by atoms with van der Waals surface area (Å²) in [6.45, 7) is 4.42. The van der Waals surface area contributed by atoms with Gasteiger partial charge in [0.25, 0.3) is 0 Å². The molecule has 0 fully saturated rings. The average Bonchev–Trinajstić information content (AvgIpc) is 2.17. The fraction of sp³-hybridized carbons (Fsp3) is 0.545. The van der Waals surface area contributed by atoms with E-state index in [2.05, 4.69) is 10.3 Å². The van der Waals surface area contributed by atoms with Crippen molar-refractivity contribution in [3.63, 3.8) is 0 Å². The lowest BCUT2D eigenvalue weighted by atomic mass is 10.2. The number of aliphatic hydroxyl groups is 1. The van der Waals surface area contributed by atoms with Gasteiger partial charge in [0, 0.05) is 12.2 Å². The topological polar surface area (TPSA) is 54.4 Å². The maximum absolute atomic E-state index is 9.13. The van der Waals surface area contributed by atoms with Gasteiger partial charge in [0.15, 0.2) is 5.75 Å². The number of aromatic nitrogens is 1. The number of anilines is 1. The molecule has 0 aliphatic carbocycles. The quantitative estimate of drug-likeness (QED) is 0.774. The summed E-state index contributed by atoms with van der Waals surface area (Å²) in [6.07, 6.45) is 2.12. The summed E-state index contributed by atoms with van der Waals surface area (Å²) in [6, 6.07) is 1.93. The maximum atomic E-state index is 9.13. The molecule has 0 bridgehead atoms. The van der Waals surface area contributed by atoms with Crippen molar-refractivity contribution in [2.24, 2.45) is 0 Å². The predicted octanol–water partition coefficient (Wildman–Crippen LogP) is 1.58. The molecule has 4 nitrogen and oxygen atoms in total. The Bertz CT molecular complexity index is 313. The maximum Gasteiger partial charge on any atom is 0.160 e. The number of aliphatic hydroxyl groups excluding tert-OH is 1. The molecule has 0 saturated heterocycles. The van der Waals surface area contributed by atoms with E-state index in [0.29, 0.717) is 6.42 Å². The number of rotatable bonds is 5. The summed E-state index contributed by atoms with van der Waals surface area (Å²) in [5.41, 5.74) is 1.86. The lowest BCUT2D eigenvalue weighted by molar-refractivity contribution is 0.188. The number of pyridine rings is 1. The van der Waals surface area contributed by atoms with E-state index in [9.17, 15) is 0 Å². The van der Waals surface area contributed by atoms with E-state index < -0.39 is 0 Å². The molecule has 0 spiro atoms. The lowest BCUT2D eigenvalue weighted by Crippen LogP contribution is -2.10. The van der Waals surface area contributed by atoms with Crippen LogP contribution in [0.25, 0.3) is 0 Å². The SMILES string of the molecule is COc1cnc(C)cc1NCCC(C)O. The smallest absolute Gasteiger partial charge is 0.160 e.